The van der Waals surface area contributed by atoms with Crippen LogP contribution in [-0.2, 0) is 6.54 Å². The van der Waals surface area contributed by atoms with Gasteiger partial charge in [0.2, 0.25) is 0 Å². The number of H-pyrrole nitrogens is 1. The first kappa shape index (κ1) is 15.1. The third-order valence-corrected chi connectivity index (χ3v) is 2.91. The molecule has 1 aromatic heterocycles. The van der Waals surface area contributed by atoms with Crippen molar-refractivity contribution in [2.45, 2.75) is 6.54 Å². The highest BCUT2D eigenvalue weighted by Gasteiger charge is 2.09. The summed E-state index contributed by atoms with van der Waals surface area (Å²) in [5.41, 5.74) is 1.18. The molecule has 0 unspecified atom stereocenters. The van der Waals surface area contributed by atoms with Gasteiger partial charge in [-0.05, 0) is 24.3 Å². The number of carbonyl (C=O) groups is 1. The molecule has 0 fully saturated rings. The van der Waals surface area contributed by atoms with E-state index in [4.69, 9.17) is 16.7 Å². The summed E-state index contributed by atoms with van der Waals surface area (Å²) in [6.07, 6.45) is 1.49. The van der Waals surface area contributed by atoms with E-state index in [0.717, 1.165) is 0 Å². The number of benzene rings is 1. The molecule has 6 heteroatoms. The van der Waals surface area contributed by atoms with Crippen LogP contribution in [0.4, 0.5) is 4.39 Å². The van der Waals surface area contributed by atoms with Crippen molar-refractivity contribution in [3.8, 4) is 11.8 Å². The molecule has 1 aromatic carbocycles. The number of nitrogens with one attached hydrogen (secondary N) is 2. The predicted molar refractivity (Wildman–Crippen MR) is 77.3 cm³/mol. The summed E-state index contributed by atoms with van der Waals surface area (Å²) < 4.78 is 13.7. The van der Waals surface area contributed by atoms with Crippen molar-refractivity contribution in [1.82, 2.24) is 10.3 Å². The van der Waals surface area contributed by atoms with E-state index in [0.29, 0.717) is 21.8 Å². The number of aromatic nitrogens is 1. The van der Waals surface area contributed by atoms with Gasteiger partial charge in [-0.25, -0.2) is 4.39 Å². The van der Waals surface area contributed by atoms with Gasteiger partial charge < -0.3 is 15.4 Å². The molecule has 3 N–H and O–H groups in total. The zero-order valence-electron chi connectivity index (χ0n) is 10.9. The molecule has 0 atom stereocenters. The maximum absolute atomic E-state index is 13.7. The summed E-state index contributed by atoms with van der Waals surface area (Å²) in [4.78, 5) is 14.5. The highest BCUT2D eigenvalue weighted by Crippen LogP contribution is 2.12. The predicted octanol–water partition coefficient (Wildman–Crippen LogP) is 2.08. The molecule has 0 spiro atoms. The molecule has 0 saturated heterocycles. The van der Waals surface area contributed by atoms with Crippen LogP contribution in [0.15, 0.2) is 30.5 Å². The second-order valence-electron chi connectivity index (χ2n) is 4.18. The average Bonchev–Trinajstić information content (AvgIpc) is 2.91. The van der Waals surface area contributed by atoms with Crippen LogP contribution in [0.1, 0.15) is 21.6 Å². The van der Waals surface area contributed by atoms with E-state index in [9.17, 15) is 9.18 Å². The smallest absolute Gasteiger partial charge is 0.268 e. The van der Waals surface area contributed by atoms with Gasteiger partial charge in [-0.15, -0.1) is 0 Å². The van der Waals surface area contributed by atoms with E-state index in [1.54, 1.807) is 0 Å². The molecule has 0 aliphatic carbocycles. The maximum atomic E-state index is 13.7. The van der Waals surface area contributed by atoms with Crippen LogP contribution in [0.2, 0.25) is 5.02 Å². The van der Waals surface area contributed by atoms with Gasteiger partial charge in [-0.2, -0.15) is 0 Å². The summed E-state index contributed by atoms with van der Waals surface area (Å²) in [6, 6.07) is 5.79. The number of carbonyl (C=O) groups excluding carboxylic acids is 1. The van der Waals surface area contributed by atoms with Gasteiger partial charge in [-0.3, -0.25) is 4.79 Å². The Morgan fingerprint density at radius 1 is 1.43 bits per heavy atom. The summed E-state index contributed by atoms with van der Waals surface area (Å²) in [6.45, 7) is -0.243. The SMILES string of the molecule is O=C(NCc1cc(C#CCO)ccc1F)c1cc(Cl)c[nH]1. The van der Waals surface area contributed by atoms with E-state index >= 15 is 0 Å². The molecular formula is C15H12ClFN2O2. The molecule has 4 nitrogen and oxygen atoms in total. The molecule has 108 valence electrons. The summed E-state index contributed by atoms with van der Waals surface area (Å²) in [7, 11) is 0. The van der Waals surface area contributed by atoms with Gasteiger partial charge in [0.25, 0.3) is 5.91 Å². The number of hydrogen-bond acceptors (Lipinski definition) is 2. The number of aliphatic hydroxyl groups is 1. The van der Waals surface area contributed by atoms with Crippen LogP contribution in [0.5, 0.6) is 0 Å². The Bertz CT molecular complexity index is 716. The van der Waals surface area contributed by atoms with Crippen LogP contribution < -0.4 is 5.32 Å². The van der Waals surface area contributed by atoms with Crippen molar-refractivity contribution in [2.75, 3.05) is 6.61 Å². The van der Waals surface area contributed by atoms with Gasteiger partial charge in [0.15, 0.2) is 0 Å². The van der Waals surface area contributed by atoms with Crippen molar-refractivity contribution < 1.29 is 14.3 Å². The Kier molecular flexibility index (Phi) is 4.99. The number of halogens is 2. The number of rotatable bonds is 3. The maximum Gasteiger partial charge on any atom is 0.268 e. The standard InChI is InChI=1S/C15H12ClFN2O2/c16-12-7-14(18-9-12)15(21)19-8-11-6-10(2-1-5-20)3-4-13(11)17/h3-4,6-7,9,18,20H,5,8H2,(H,19,21). The fourth-order valence-electron chi connectivity index (χ4n) is 1.70. The van der Waals surface area contributed by atoms with Crippen LogP contribution in [0.25, 0.3) is 0 Å². The fraction of sp³-hybridized carbons (Fsp3) is 0.133. The van der Waals surface area contributed by atoms with E-state index in [1.807, 2.05) is 0 Å². The zero-order chi connectivity index (χ0) is 15.2. The highest BCUT2D eigenvalue weighted by atomic mass is 35.5. The first-order valence-electron chi connectivity index (χ1n) is 6.10. The van der Waals surface area contributed by atoms with Crippen LogP contribution in [0.3, 0.4) is 0 Å². The number of amides is 1. The second kappa shape index (κ2) is 6.93. The largest absolute Gasteiger partial charge is 0.384 e. The molecule has 2 rings (SSSR count). The van der Waals surface area contributed by atoms with Crippen LogP contribution >= 0.6 is 11.6 Å². The van der Waals surface area contributed by atoms with Crippen LogP contribution in [0, 0.1) is 17.7 Å². The Labute approximate surface area is 125 Å². The van der Waals surface area contributed by atoms with Crippen molar-refractivity contribution in [2.24, 2.45) is 0 Å². The molecule has 21 heavy (non-hydrogen) atoms. The first-order valence-corrected chi connectivity index (χ1v) is 6.48. The minimum absolute atomic E-state index is 0.0238. The van der Waals surface area contributed by atoms with E-state index in [2.05, 4.69) is 22.1 Å². The monoisotopic (exact) mass is 306 g/mol. The molecule has 0 aliphatic rings. The van der Waals surface area contributed by atoms with Gasteiger partial charge in [-0.1, -0.05) is 23.4 Å². The summed E-state index contributed by atoms with van der Waals surface area (Å²) in [5, 5.41) is 11.6. The third kappa shape index (κ3) is 4.09. The zero-order valence-corrected chi connectivity index (χ0v) is 11.7. The van der Waals surface area contributed by atoms with Gasteiger partial charge >= 0.3 is 0 Å². The molecular weight excluding hydrogens is 295 g/mol. The Balaban J connectivity index is 2.07. The van der Waals surface area contributed by atoms with E-state index in [-0.39, 0.29) is 19.1 Å². The lowest BCUT2D eigenvalue weighted by molar-refractivity contribution is 0.0946. The number of aliphatic hydroxyl groups excluding tert-OH is 1. The second-order valence-corrected chi connectivity index (χ2v) is 4.62. The van der Waals surface area contributed by atoms with Crippen molar-refractivity contribution >= 4 is 17.5 Å². The first-order chi connectivity index (χ1) is 10.1. The van der Waals surface area contributed by atoms with Gasteiger partial charge in [0, 0.05) is 23.9 Å². The fourth-order valence-corrected chi connectivity index (χ4v) is 1.86. The quantitative estimate of drug-likeness (QED) is 0.760. The molecule has 1 heterocycles. The minimum Gasteiger partial charge on any atom is -0.384 e. The van der Waals surface area contributed by atoms with Crippen molar-refractivity contribution in [3.63, 3.8) is 0 Å². The molecule has 0 radical (unpaired) electrons. The van der Waals surface area contributed by atoms with Crippen molar-refractivity contribution in [3.05, 3.63) is 58.1 Å². The van der Waals surface area contributed by atoms with Gasteiger partial charge in [0.05, 0.1) is 5.02 Å². The lowest BCUT2D eigenvalue weighted by Crippen LogP contribution is -2.23. The van der Waals surface area contributed by atoms with E-state index < -0.39 is 5.82 Å². The minimum atomic E-state index is -0.436. The molecule has 0 bridgehead atoms. The normalized spacial score (nSPS) is 9.86. The molecule has 2 aromatic rings. The Morgan fingerprint density at radius 3 is 2.90 bits per heavy atom. The van der Waals surface area contributed by atoms with E-state index in [1.165, 1.54) is 30.5 Å². The molecule has 0 aliphatic heterocycles. The highest BCUT2D eigenvalue weighted by molar-refractivity contribution is 6.30. The Morgan fingerprint density at radius 2 is 2.24 bits per heavy atom. The lowest BCUT2D eigenvalue weighted by atomic mass is 10.1. The Hall–Kier alpha value is -2.29. The molecule has 1 amide bonds. The summed E-state index contributed by atoms with van der Waals surface area (Å²) in [5.74, 6) is 4.35. The average molecular weight is 307 g/mol. The van der Waals surface area contributed by atoms with Crippen LogP contribution in [-0.4, -0.2) is 22.6 Å². The lowest BCUT2D eigenvalue weighted by Gasteiger charge is -2.06. The third-order valence-electron chi connectivity index (χ3n) is 2.69. The topological polar surface area (TPSA) is 65.1 Å². The number of hydrogen-bond donors (Lipinski definition) is 3. The molecule has 0 saturated carbocycles. The summed E-state index contributed by atoms with van der Waals surface area (Å²) >= 11 is 5.71. The van der Waals surface area contributed by atoms with Crippen molar-refractivity contribution in [1.29, 1.82) is 0 Å². The number of aromatic amines is 1. The van der Waals surface area contributed by atoms with Gasteiger partial charge in [0.1, 0.15) is 18.1 Å².